The number of carbonyl (C=O) groups excluding carboxylic acids is 1. The molecule has 1 heterocycles. The molecule has 2 amide bonds. The summed E-state index contributed by atoms with van der Waals surface area (Å²) in [5.74, 6) is 1.07. The number of nitrogens with zero attached hydrogens (tertiary/aromatic N) is 1. The molecular formula is C13H23N3O. The molecule has 4 heteroatoms. The van der Waals surface area contributed by atoms with Crippen molar-refractivity contribution in [3.05, 3.63) is 0 Å². The molecule has 0 bridgehead atoms. The molecule has 2 rings (SSSR count). The van der Waals surface area contributed by atoms with Gasteiger partial charge in [-0.1, -0.05) is 26.2 Å². The predicted octanol–water partition coefficient (Wildman–Crippen LogP) is 2.74. The number of rotatable bonds is 6. The van der Waals surface area contributed by atoms with Gasteiger partial charge in [-0.25, -0.2) is 4.79 Å². The molecule has 2 aliphatic rings. The molecule has 17 heavy (non-hydrogen) atoms. The zero-order valence-corrected chi connectivity index (χ0v) is 10.9. The Morgan fingerprint density at radius 1 is 1.47 bits per heavy atom. The number of nitrogens with one attached hydrogen (secondary N) is 2. The van der Waals surface area contributed by atoms with E-state index in [1.54, 1.807) is 0 Å². The Balaban J connectivity index is 2.03. The van der Waals surface area contributed by atoms with Crippen LogP contribution in [0.2, 0.25) is 0 Å². The molecule has 4 nitrogen and oxygen atoms in total. The highest BCUT2D eigenvalue weighted by Crippen LogP contribution is 2.35. The first-order chi connectivity index (χ1) is 8.08. The van der Waals surface area contributed by atoms with E-state index in [9.17, 15) is 4.79 Å². The highest BCUT2D eigenvalue weighted by Gasteiger charge is 2.47. The first-order valence-corrected chi connectivity index (χ1v) is 6.75. The third kappa shape index (κ3) is 2.45. The second-order valence-corrected chi connectivity index (χ2v) is 5.59. The number of hydrogen-bond donors (Lipinski definition) is 2. The number of amidine groups is 1. The highest BCUT2D eigenvalue weighted by atomic mass is 16.2. The fourth-order valence-electron chi connectivity index (χ4n) is 2.49. The average Bonchev–Trinajstić information content (AvgIpc) is 3.05. The summed E-state index contributed by atoms with van der Waals surface area (Å²) in [5, 5.41) is 10.7. The van der Waals surface area contributed by atoms with E-state index in [4.69, 9.17) is 5.41 Å². The lowest BCUT2D eigenvalue weighted by Gasteiger charge is -2.33. The number of carbonyl (C=O) groups is 1. The second kappa shape index (κ2) is 4.67. The Hall–Kier alpha value is -1.06. The summed E-state index contributed by atoms with van der Waals surface area (Å²) in [6, 6.07) is -0.0686. The van der Waals surface area contributed by atoms with Crippen molar-refractivity contribution in [3.8, 4) is 0 Å². The van der Waals surface area contributed by atoms with Crippen LogP contribution in [0.15, 0.2) is 0 Å². The van der Waals surface area contributed by atoms with Crippen molar-refractivity contribution in [2.45, 2.75) is 57.9 Å². The van der Waals surface area contributed by atoms with Crippen LogP contribution < -0.4 is 5.32 Å². The molecule has 0 aromatic rings. The maximum atomic E-state index is 11.9. The zero-order chi connectivity index (χ0) is 12.5. The second-order valence-electron chi connectivity index (χ2n) is 5.59. The van der Waals surface area contributed by atoms with Gasteiger partial charge in [-0.3, -0.25) is 10.7 Å². The highest BCUT2D eigenvalue weighted by molar-refractivity contribution is 6.08. The van der Waals surface area contributed by atoms with E-state index in [2.05, 4.69) is 12.2 Å². The monoisotopic (exact) mass is 237 g/mol. The zero-order valence-electron chi connectivity index (χ0n) is 10.9. The van der Waals surface area contributed by atoms with Crippen molar-refractivity contribution in [2.24, 2.45) is 5.92 Å². The number of urea groups is 1. The van der Waals surface area contributed by atoms with Crippen molar-refractivity contribution in [2.75, 3.05) is 6.54 Å². The molecule has 0 radical (unpaired) electrons. The average molecular weight is 237 g/mol. The lowest BCUT2D eigenvalue weighted by Crippen LogP contribution is -2.47. The summed E-state index contributed by atoms with van der Waals surface area (Å²) in [5.41, 5.74) is -0.380. The van der Waals surface area contributed by atoms with Crippen LogP contribution in [0.25, 0.3) is 0 Å². The van der Waals surface area contributed by atoms with Crippen LogP contribution in [0, 0.1) is 11.3 Å². The topological polar surface area (TPSA) is 56.2 Å². The van der Waals surface area contributed by atoms with Gasteiger partial charge in [-0.05, 0) is 32.1 Å². The molecule has 1 atom stereocenters. The molecular weight excluding hydrogens is 214 g/mol. The first kappa shape index (κ1) is 12.4. The molecule has 1 saturated heterocycles. The summed E-state index contributed by atoms with van der Waals surface area (Å²) in [6.07, 6.45) is 6.82. The van der Waals surface area contributed by atoms with Crippen LogP contribution in [0.4, 0.5) is 4.79 Å². The van der Waals surface area contributed by atoms with Crippen molar-refractivity contribution >= 4 is 11.9 Å². The van der Waals surface area contributed by atoms with E-state index in [-0.39, 0.29) is 11.6 Å². The molecule has 1 unspecified atom stereocenters. The van der Waals surface area contributed by atoms with E-state index >= 15 is 0 Å². The Morgan fingerprint density at radius 3 is 2.76 bits per heavy atom. The molecule has 0 spiro atoms. The molecule has 2 N–H and O–H groups in total. The number of hydrogen-bond acceptors (Lipinski definition) is 2. The normalized spacial score (nSPS) is 28.7. The van der Waals surface area contributed by atoms with E-state index in [1.807, 2.05) is 11.8 Å². The molecule has 0 aromatic heterocycles. The van der Waals surface area contributed by atoms with Crippen LogP contribution in [-0.4, -0.2) is 28.9 Å². The molecule has 2 fully saturated rings. The number of amides is 2. The fourth-order valence-corrected chi connectivity index (χ4v) is 2.49. The van der Waals surface area contributed by atoms with E-state index < -0.39 is 0 Å². The summed E-state index contributed by atoms with van der Waals surface area (Å²) in [7, 11) is 0. The summed E-state index contributed by atoms with van der Waals surface area (Å²) in [6.45, 7) is 5.04. The van der Waals surface area contributed by atoms with Crippen molar-refractivity contribution < 1.29 is 4.79 Å². The van der Waals surface area contributed by atoms with Gasteiger partial charge in [0.1, 0.15) is 5.84 Å². The maximum Gasteiger partial charge on any atom is 0.323 e. The third-order valence-electron chi connectivity index (χ3n) is 4.02. The van der Waals surface area contributed by atoms with Crippen LogP contribution >= 0.6 is 0 Å². The summed E-state index contributed by atoms with van der Waals surface area (Å²) in [4.78, 5) is 13.8. The van der Waals surface area contributed by atoms with Gasteiger partial charge in [0, 0.05) is 6.54 Å². The van der Waals surface area contributed by atoms with Gasteiger partial charge in [-0.2, -0.15) is 0 Å². The lowest BCUT2D eigenvalue weighted by atomic mass is 9.92. The van der Waals surface area contributed by atoms with E-state index in [0.717, 1.165) is 19.4 Å². The maximum absolute atomic E-state index is 11.9. The van der Waals surface area contributed by atoms with Crippen LogP contribution in [-0.2, 0) is 0 Å². The standard InChI is InChI=1S/C13H23N3O/c1-3-4-5-8-13(2)11(14)15-12(17)16(13)9-10-6-7-10/h10H,3-9H2,1-2H3,(H2,14,15,17). The quantitative estimate of drug-likeness (QED) is 0.686. The summed E-state index contributed by atoms with van der Waals surface area (Å²) >= 11 is 0. The van der Waals surface area contributed by atoms with E-state index in [0.29, 0.717) is 11.8 Å². The molecule has 96 valence electrons. The first-order valence-electron chi connectivity index (χ1n) is 6.75. The van der Waals surface area contributed by atoms with Gasteiger partial charge >= 0.3 is 6.03 Å². The summed E-state index contributed by atoms with van der Waals surface area (Å²) < 4.78 is 0. The minimum Gasteiger partial charge on any atom is -0.312 e. The van der Waals surface area contributed by atoms with Crippen LogP contribution in [0.1, 0.15) is 52.4 Å². The van der Waals surface area contributed by atoms with Gasteiger partial charge in [0.25, 0.3) is 0 Å². The van der Waals surface area contributed by atoms with Crippen molar-refractivity contribution in [3.63, 3.8) is 0 Å². The Bertz CT molecular complexity index is 325. The fraction of sp³-hybridized carbons (Fsp3) is 0.846. The van der Waals surface area contributed by atoms with Gasteiger partial charge in [-0.15, -0.1) is 0 Å². The minimum atomic E-state index is -0.380. The van der Waals surface area contributed by atoms with Gasteiger partial charge in [0.05, 0.1) is 5.54 Å². The molecule has 1 saturated carbocycles. The van der Waals surface area contributed by atoms with Gasteiger partial charge < -0.3 is 4.90 Å². The largest absolute Gasteiger partial charge is 0.323 e. The Labute approximate surface area is 103 Å². The van der Waals surface area contributed by atoms with Gasteiger partial charge in [0.2, 0.25) is 0 Å². The Morgan fingerprint density at radius 2 is 2.18 bits per heavy atom. The SMILES string of the molecule is CCCCCC1(C)C(=N)NC(=O)N1CC1CC1. The van der Waals surface area contributed by atoms with E-state index in [1.165, 1.54) is 25.7 Å². The van der Waals surface area contributed by atoms with Gasteiger partial charge in [0.15, 0.2) is 0 Å². The van der Waals surface area contributed by atoms with Crippen molar-refractivity contribution in [1.82, 2.24) is 10.2 Å². The van der Waals surface area contributed by atoms with Crippen LogP contribution in [0.5, 0.6) is 0 Å². The lowest BCUT2D eigenvalue weighted by molar-refractivity contribution is 0.169. The predicted molar refractivity (Wildman–Crippen MR) is 68.2 cm³/mol. The van der Waals surface area contributed by atoms with Crippen molar-refractivity contribution in [1.29, 1.82) is 5.41 Å². The Kier molecular flexibility index (Phi) is 3.40. The minimum absolute atomic E-state index is 0.0686. The molecule has 1 aliphatic heterocycles. The molecule has 0 aromatic carbocycles. The number of unbranched alkanes of at least 4 members (excludes halogenated alkanes) is 2. The molecule has 1 aliphatic carbocycles. The van der Waals surface area contributed by atoms with Crippen LogP contribution in [0.3, 0.4) is 0 Å². The third-order valence-corrected chi connectivity index (χ3v) is 4.02. The smallest absolute Gasteiger partial charge is 0.312 e.